The summed E-state index contributed by atoms with van der Waals surface area (Å²) in [6, 6.07) is 9.87. The number of para-hydroxylation sites is 2. The number of carbonyl (C=O) groups is 1. The van der Waals surface area contributed by atoms with Crippen LogP contribution >= 0.6 is 11.8 Å². The van der Waals surface area contributed by atoms with Gasteiger partial charge >= 0.3 is 0 Å². The fourth-order valence-electron chi connectivity index (χ4n) is 2.76. The van der Waals surface area contributed by atoms with Gasteiger partial charge in [-0.25, -0.2) is 4.98 Å². The van der Waals surface area contributed by atoms with E-state index in [0.29, 0.717) is 11.0 Å². The highest BCUT2D eigenvalue weighted by Gasteiger charge is 2.31. The van der Waals surface area contributed by atoms with E-state index < -0.39 is 0 Å². The zero-order valence-corrected chi connectivity index (χ0v) is 15.3. The number of hydrogen-bond donors (Lipinski definition) is 0. The van der Waals surface area contributed by atoms with Crippen LogP contribution in [0.1, 0.15) is 11.5 Å². The summed E-state index contributed by atoms with van der Waals surface area (Å²) in [5.41, 5.74) is 2.87. The summed E-state index contributed by atoms with van der Waals surface area (Å²) in [5.74, 6) is 1.18. The summed E-state index contributed by atoms with van der Waals surface area (Å²) in [7, 11) is 3.71. The van der Waals surface area contributed by atoms with Gasteiger partial charge in [0.1, 0.15) is 23.2 Å². The first-order valence-electron chi connectivity index (χ1n) is 7.75. The number of carbonyl (C=O) groups excluding carboxylic acids is 1. The molecule has 0 radical (unpaired) electrons. The van der Waals surface area contributed by atoms with Crippen molar-refractivity contribution >= 4 is 28.9 Å². The molecule has 3 rings (SSSR count). The van der Waals surface area contributed by atoms with Crippen LogP contribution in [-0.4, -0.2) is 30.6 Å². The summed E-state index contributed by atoms with van der Waals surface area (Å²) >= 11 is 1.20. The Kier molecular flexibility index (Phi) is 4.55. The smallest absolute Gasteiger partial charge is 0.256 e. The molecule has 0 unspecified atom stereocenters. The molecule has 6 nitrogen and oxygen atoms in total. The molecule has 1 aliphatic heterocycles. The molecule has 0 N–H and O–H groups in total. The van der Waals surface area contributed by atoms with Crippen LogP contribution in [0.2, 0.25) is 0 Å². The van der Waals surface area contributed by atoms with Gasteiger partial charge in [0.15, 0.2) is 5.78 Å². The van der Waals surface area contributed by atoms with E-state index in [1.54, 1.807) is 0 Å². The average molecular weight is 354 g/mol. The van der Waals surface area contributed by atoms with E-state index in [1.807, 2.05) is 62.0 Å². The molecule has 1 aromatic carbocycles. The first kappa shape index (κ1) is 17.1. The molecule has 0 saturated carbocycles. The number of fused-ring (bicyclic) bond motifs is 1. The highest BCUT2D eigenvalue weighted by atomic mass is 32.2. The normalized spacial score (nSPS) is 13.0. The van der Waals surface area contributed by atoms with Gasteiger partial charge in [0.2, 0.25) is 0 Å². The Balaban J connectivity index is 1.85. The molecule has 0 fully saturated rings. The van der Waals surface area contributed by atoms with Gasteiger partial charge in [-0.1, -0.05) is 23.9 Å². The molecule has 0 saturated heterocycles. The molecule has 2 aromatic rings. The number of rotatable bonds is 4. The Labute approximate surface area is 150 Å². The summed E-state index contributed by atoms with van der Waals surface area (Å²) in [6.07, 6.45) is 0. The van der Waals surface area contributed by atoms with Crippen LogP contribution in [-0.2, 0) is 4.79 Å². The maximum atomic E-state index is 12.6. The van der Waals surface area contributed by atoms with E-state index in [9.17, 15) is 10.1 Å². The van der Waals surface area contributed by atoms with Gasteiger partial charge in [-0.2, -0.15) is 5.26 Å². The molecular weight excluding hydrogens is 336 g/mol. The number of hydrogen-bond acceptors (Lipinski definition) is 7. The zero-order valence-electron chi connectivity index (χ0n) is 14.5. The topological polar surface area (TPSA) is 73.4 Å². The van der Waals surface area contributed by atoms with Gasteiger partial charge in [-0.3, -0.25) is 4.79 Å². The SMILES string of the molecule is Cc1nc(SCC(=O)C(C#N)=C2N(C)c3ccccc3N2C)oc1C. The lowest BCUT2D eigenvalue weighted by atomic mass is 10.2. The highest BCUT2D eigenvalue weighted by Crippen LogP contribution is 2.40. The van der Waals surface area contributed by atoms with Crippen molar-refractivity contribution in [2.24, 2.45) is 0 Å². The zero-order chi connectivity index (χ0) is 18.1. The minimum Gasteiger partial charge on any atom is -0.437 e. The van der Waals surface area contributed by atoms with Crippen molar-refractivity contribution in [2.45, 2.75) is 19.1 Å². The van der Waals surface area contributed by atoms with Crippen LogP contribution in [0.3, 0.4) is 0 Å². The minimum absolute atomic E-state index is 0.101. The first-order valence-corrected chi connectivity index (χ1v) is 8.73. The Bertz CT molecular complexity index is 860. The summed E-state index contributed by atoms with van der Waals surface area (Å²) < 4.78 is 5.48. The number of aromatic nitrogens is 1. The highest BCUT2D eigenvalue weighted by molar-refractivity contribution is 7.99. The average Bonchev–Trinajstić information content (AvgIpc) is 3.06. The third-order valence-corrected chi connectivity index (χ3v) is 5.02. The third kappa shape index (κ3) is 3.01. The lowest BCUT2D eigenvalue weighted by Crippen LogP contribution is -2.26. The number of Topliss-reactive ketones (excluding diaryl/α,β-unsaturated/α-hetero) is 1. The van der Waals surface area contributed by atoms with Crippen molar-refractivity contribution in [2.75, 3.05) is 29.6 Å². The number of aryl methyl sites for hydroxylation is 2. The molecule has 1 aliphatic rings. The molecule has 0 atom stereocenters. The van der Waals surface area contributed by atoms with Crippen molar-refractivity contribution in [1.29, 1.82) is 5.26 Å². The number of anilines is 2. The van der Waals surface area contributed by atoms with Gasteiger partial charge in [0, 0.05) is 14.1 Å². The van der Waals surface area contributed by atoms with Crippen LogP contribution in [0.25, 0.3) is 0 Å². The molecule has 0 amide bonds. The molecular formula is C18H18N4O2S. The van der Waals surface area contributed by atoms with Gasteiger partial charge in [0.25, 0.3) is 5.22 Å². The van der Waals surface area contributed by atoms with Crippen LogP contribution in [0, 0.1) is 25.2 Å². The van der Waals surface area contributed by atoms with Crippen LogP contribution in [0.5, 0.6) is 0 Å². The van der Waals surface area contributed by atoms with Crippen LogP contribution in [0.15, 0.2) is 45.3 Å². The van der Waals surface area contributed by atoms with Crippen molar-refractivity contribution in [1.82, 2.24) is 4.98 Å². The van der Waals surface area contributed by atoms with Crippen molar-refractivity contribution in [3.63, 3.8) is 0 Å². The second kappa shape index (κ2) is 6.65. The molecule has 128 valence electrons. The number of oxazole rings is 1. The largest absolute Gasteiger partial charge is 0.437 e. The summed E-state index contributed by atoms with van der Waals surface area (Å²) in [5, 5.41) is 10.0. The van der Waals surface area contributed by atoms with Crippen LogP contribution in [0.4, 0.5) is 11.4 Å². The van der Waals surface area contributed by atoms with E-state index >= 15 is 0 Å². The standard InChI is InChI=1S/C18H18N4O2S/c1-11-12(2)24-18(20-11)25-10-16(23)13(9-19)17-21(3)14-7-5-6-8-15(14)22(17)4/h5-8H,10H2,1-4H3. The van der Waals surface area contributed by atoms with E-state index in [2.05, 4.69) is 11.1 Å². The first-order chi connectivity index (χ1) is 11.9. The maximum Gasteiger partial charge on any atom is 0.256 e. The third-order valence-electron chi connectivity index (χ3n) is 4.19. The van der Waals surface area contributed by atoms with Gasteiger partial charge in [-0.15, -0.1) is 0 Å². The van der Waals surface area contributed by atoms with E-state index in [1.165, 1.54) is 11.8 Å². The number of allylic oxidation sites excluding steroid dienone is 1. The monoisotopic (exact) mass is 354 g/mol. The van der Waals surface area contributed by atoms with Gasteiger partial charge in [0.05, 0.1) is 22.8 Å². The maximum absolute atomic E-state index is 12.6. The Morgan fingerprint density at radius 1 is 1.24 bits per heavy atom. The van der Waals surface area contributed by atoms with Crippen molar-refractivity contribution in [3.8, 4) is 6.07 Å². The van der Waals surface area contributed by atoms with Gasteiger partial charge in [-0.05, 0) is 26.0 Å². The second-order valence-electron chi connectivity index (χ2n) is 5.75. The Morgan fingerprint density at radius 3 is 2.32 bits per heavy atom. The molecule has 25 heavy (non-hydrogen) atoms. The minimum atomic E-state index is -0.248. The number of ketones is 1. The second-order valence-corrected chi connectivity index (χ2v) is 6.68. The van der Waals surface area contributed by atoms with Gasteiger partial charge < -0.3 is 14.2 Å². The Hall–Kier alpha value is -2.72. The predicted molar refractivity (Wildman–Crippen MR) is 97.6 cm³/mol. The number of nitriles is 1. The summed E-state index contributed by atoms with van der Waals surface area (Å²) in [6.45, 7) is 3.68. The fourth-order valence-corrected chi connectivity index (χ4v) is 3.55. The van der Waals surface area contributed by atoms with E-state index in [4.69, 9.17) is 4.42 Å². The molecule has 7 heteroatoms. The molecule has 0 aliphatic carbocycles. The van der Waals surface area contributed by atoms with E-state index in [0.717, 1.165) is 22.8 Å². The molecule has 2 heterocycles. The predicted octanol–water partition coefficient (Wildman–Crippen LogP) is 3.27. The molecule has 0 bridgehead atoms. The number of benzene rings is 1. The van der Waals surface area contributed by atoms with E-state index in [-0.39, 0.29) is 17.1 Å². The quantitative estimate of drug-likeness (QED) is 0.474. The fraction of sp³-hybridized carbons (Fsp3) is 0.278. The number of thioether (sulfide) groups is 1. The van der Waals surface area contributed by atoms with Crippen LogP contribution < -0.4 is 9.80 Å². The Morgan fingerprint density at radius 2 is 1.84 bits per heavy atom. The number of nitrogens with zero attached hydrogens (tertiary/aromatic N) is 4. The lowest BCUT2D eigenvalue weighted by molar-refractivity contribution is -0.112. The molecule has 1 aromatic heterocycles. The lowest BCUT2D eigenvalue weighted by Gasteiger charge is -2.19. The van der Waals surface area contributed by atoms with Crippen molar-refractivity contribution in [3.05, 3.63) is 47.1 Å². The molecule has 0 spiro atoms. The van der Waals surface area contributed by atoms with Crippen molar-refractivity contribution < 1.29 is 9.21 Å². The summed E-state index contributed by atoms with van der Waals surface area (Å²) in [4.78, 5) is 20.6.